The maximum atomic E-state index is 13.3. The molecule has 50 heavy (non-hydrogen) atoms. The SMILES string of the molecule is CC(C)(C)OC(=O)N[C@@H](CCC(=O)CN(CC(=O)CC[C@H](NC(=O)OC(C)(C)C)C(=O)OC(C)(C)C)Cc1ccccc1)C(=O)OC(C)(C)C. The third kappa shape index (κ3) is 21.2. The highest BCUT2D eigenvalue weighted by Gasteiger charge is 2.31. The van der Waals surface area contributed by atoms with Crippen molar-refractivity contribution < 1.29 is 47.7 Å². The Bertz CT molecular complexity index is 1220. The number of ether oxygens (including phenoxy) is 4. The Morgan fingerprint density at radius 3 is 1.22 bits per heavy atom. The monoisotopic (exact) mass is 705 g/mol. The summed E-state index contributed by atoms with van der Waals surface area (Å²) in [6, 6.07) is 7.01. The zero-order chi connectivity index (χ0) is 38.5. The summed E-state index contributed by atoms with van der Waals surface area (Å²) in [5.74, 6) is -1.95. The lowest BCUT2D eigenvalue weighted by Gasteiger charge is -2.27. The number of Topliss-reactive ketones (excluding diaryl/α,β-unsaturated/α-hetero) is 2. The van der Waals surface area contributed by atoms with Gasteiger partial charge in [0.05, 0.1) is 13.1 Å². The van der Waals surface area contributed by atoms with Crippen LogP contribution in [-0.4, -0.2) is 88.2 Å². The lowest BCUT2D eigenvalue weighted by molar-refractivity contribution is -0.158. The molecule has 0 saturated heterocycles. The number of amides is 2. The predicted molar refractivity (Wildman–Crippen MR) is 188 cm³/mol. The van der Waals surface area contributed by atoms with E-state index < -0.39 is 58.6 Å². The smallest absolute Gasteiger partial charge is 0.408 e. The molecule has 0 aromatic heterocycles. The maximum absolute atomic E-state index is 13.3. The minimum atomic E-state index is -1.14. The van der Waals surface area contributed by atoms with Crippen molar-refractivity contribution in [2.45, 2.75) is 150 Å². The number of ketones is 2. The van der Waals surface area contributed by atoms with Crippen LogP contribution in [-0.2, 0) is 44.7 Å². The van der Waals surface area contributed by atoms with Gasteiger partial charge in [-0.1, -0.05) is 30.3 Å². The average molecular weight is 706 g/mol. The van der Waals surface area contributed by atoms with Crippen LogP contribution in [0.5, 0.6) is 0 Å². The second-order valence-corrected chi connectivity index (χ2v) is 16.3. The van der Waals surface area contributed by atoms with Gasteiger partial charge >= 0.3 is 24.1 Å². The molecule has 0 heterocycles. The molecule has 0 radical (unpaired) electrons. The van der Waals surface area contributed by atoms with E-state index in [1.54, 1.807) is 88.0 Å². The van der Waals surface area contributed by atoms with Crippen molar-refractivity contribution in [1.29, 1.82) is 0 Å². The van der Waals surface area contributed by atoms with Crippen LogP contribution in [0.15, 0.2) is 30.3 Å². The van der Waals surface area contributed by atoms with Gasteiger partial charge in [0.25, 0.3) is 0 Å². The molecule has 0 fully saturated rings. The third-order valence-corrected chi connectivity index (χ3v) is 6.24. The fourth-order valence-corrected chi connectivity index (χ4v) is 4.42. The molecule has 0 aliphatic carbocycles. The van der Waals surface area contributed by atoms with E-state index in [1.807, 2.05) is 30.3 Å². The molecule has 13 heteroatoms. The van der Waals surface area contributed by atoms with Crippen molar-refractivity contribution in [1.82, 2.24) is 15.5 Å². The number of alkyl carbamates (subject to hydrolysis) is 2. The van der Waals surface area contributed by atoms with E-state index >= 15 is 0 Å². The Morgan fingerprint density at radius 1 is 0.560 bits per heavy atom. The van der Waals surface area contributed by atoms with Crippen LogP contribution in [0.25, 0.3) is 0 Å². The molecular formula is C37H59N3O10. The Balaban J connectivity index is 3.06. The van der Waals surface area contributed by atoms with Crippen LogP contribution in [0.2, 0.25) is 0 Å². The van der Waals surface area contributed by atoms with Crippen LogP contribution in [0.4, 0.5) is 9.59 Å². The zero-order valence-electron chi connectivity index (χ0n) is 32.0. The third-order valence-electron chi connectivity index (χ3n) is 6.24. The van der Waals surface area contributed by atoms with Crippen LogP contribution < -0.4 is 10.6 Å². The Morgan fingerprint density at radius 2 is 0.900 bits per heavy atom. The second kappa shape index (κ2) is 18.8. The lowest BCUT2D eigenvalue weighted by Crippen LogP contribution is -2.46. The van der Waals surface area contributed by atoms with Gasteiger partial charge in [-0.25, -0.2) is 19.2 Å². The highest BCUT2D eigenvalue weighted by atomic mass is 16.6. The Kier molecular flexibility index (Phi) is 16.6. The van der Waals surface area contributed by atoms with Crippen molar-refractivity contribution in [2.75, 3.05) is 13.1 Å². The summed E-state index contributed by atoms with van der Waals surface area (Å²) in [7, 11) is 0. The molecule has 0 bridgehead atoms. The normalized spacial score (nSPS) is 13.5. The van der Waals surface area contributed by atoms with Crippen molar-refractivity contribution in [3.8, 4) is 0 Å². The molecule has 2 N–H and O–H groups in total. The number of benzene rings is 1. The van der Waals surface area contributed by atoms with Gasteiger partial charge in [0, 0.05) is 19.4 Å². The van der Waals surface area contributed by atoms with Crippen molar-refractivity contribution >= 4 is 35.7 Å². The molecule has 1 aromatic rings. The van der Waals surface area contributed by atoms with E-state index in [2.05, 4.69) is 10.6 Å². The fourth-order valence-electron chi connectivity index (χ4n) is 4.42. The fraction of sp³-hybridized carbons (Fsp3) is 0.676. The van der Waals surface area contributed by atoms with Gasteiger partial charge in [-0.3, -0.25) is 14.5 Å². The summed E-state index contributed by atoms with van der Waals surface area (Å²) >= 11 is 0. The minimum absolute atomic E-state index is 0.0476. The first-order valence-corrected chi connectivity index (χ1v) is 17.0. The molecule has 13 nitrogen and oxygen atoms in total. The number of nitrogens with zero attached hydrogens (tertiary/aromatic N) is 1. The van der Waals surface area contributed by atoms with Crippen molar-refractivity contribution in [2.24, 2.45) is 0 Å². The Hall–Kier alpha value is -4.00. The Labute approximate surface area is 297 Å². The first-order chi connectivity index (χ1) is 22.7. The van der Waals surface area contributed by atoms with Crippen molar-refractivity contribution in [3.05, 3.63) is 35.9 Å². The molecule has 1 aromatic carbocycles. The number of carbonyl (C=O) groups excluding carboxylic acids is 6. The zero-order valence-corrected chi connectivity index (χ0v) is 32.0. The van der Waals surface area contributed by atoms with Crippen LogP contribution in [0, 0.1) is 0 Å². The number of nitrogens with one attached hydrogen (secondary N) is 2. The molecule has 2 amide bonds. The standard InChI is InChI=1S/C37H59N3O10/c1-34(2,3)47-30(43)28(38-32(45)49-36(7,8)9)20-18-26(41)23-40(22-25-16-14-13-15-17-25)24-27(42)19-21-29(31(44)48-35(4,5)6)39-33(46)50-37(10,11)12/h13-17,28-29H,18-24H2,1-12H3,(H,38,45)(H,39,46)/t28-,29-/m0/s1. The van der Waals surface area contributed by atoms with E-state index in [0.717, 1.165) is 5.56 Å². The van der Waals surface area contributed by atoms with Gasteiger partial charge < -0.3 is 29.6 Å². The van der Waals surface area contributed by atoms with Crippen LogP contribution in [0.1, 0.15) is 114 Å². The van der Waals surface area contributed by atoms with Crippen LogP contribution in [0.3, 0.4) is 0 Å². The summed E-state index contributed by atoms with van der Waals surface area (Å²) in [6.45, 7) is 20.3. The summed E-state index contributed by atoms with van der Waals surface area (Å²) in [5.41, 5.74) is -2.40. The summed E-state index contributed by atoms with van der Waals surface area (Å²) in [5, 5.41) is 5.04. The summed E-state index contributed by atoms with van der Waals surface area (Å²) < 4.78 is 21.5. The van der Waals surface area contributed by atoms with Gasteiger partial charge in [0.15, 0.2) is 0 Å². The molecule has 0 aliphatic rings. The number of esters is 2. The van der Waals surface area contributed by atoms with Gasteiger partial charge in [0.1, 0.15) is 46.1 Å². The lowest BCUT2D eigenvalue weighted by atomic mass is 10.1. The van der Waals surface area contributed by atoms with Gasteiger partial charge in [-0.2, -0.15) is 0 Å². The quantitative estimate of drug-likeness (QED) is 0.161. The maximum Gasteiger partial charge on any atom is 0.408 e. The molecular weight excluding hydrogens is 646 g/mol. The minimum Gasteiger partial charge on any atom is -0.458 e. The molecule has 0 saturated carbocycles. The number of hydrogen-bond acceptors (Lipinski definition) is 11. The summed E-state index contributed by atoms with van der Waals surface area (Å²) in [6.07, 6.45) is -1.92. The average Bonchev–Trinajstić information content (AvgIpc) is 2.89. The first-order valence-electron chi connectivity index (χ1n) is 17.0. The number of rotatable bonds is 16. The predicted octanol–water partition coefficient (Wildman–Crippen LogP) is 5.66. The number of hydrogen-bond donors (Lipinski definition) is 2. The van der Waals surface area contributed by atoms with Gasteiger partial charge in [-0.05, 0) is 101 Å². The molecule has 0 unspecified atom stereocenters. The first kappa shape index (κ1) is 44.0. The largest absolute Gasteiger partial charge is 0.458 e. The molecule has 1 rings (SSSR count). The second-order valence-electron chi connectivity index (χ2n) is 16.3. The van der Waals surface area contributed by atoms with E-state index in [0.29, 0.717) is 0 Å². The van der Waals surface area contributed by atoms with E-state index in [-0.39, 0.29) is 56.9 Å². The van der Waals surface area contributed by atoms with E-state index in [4.69, 9.17) is 18.9 Å². The topological polar surface area (TPSA) is 167 Å². The highest BCUT2D eigenvalue weighted by molar-refractivity contribution is 5.86. The van der Waals surface area contributed by atoms with E-state index in [9.17, 15) is 28.8 Å². The van der Waals surface area contributed by atoms with Crippen LogP contribution >= 0.6 is 0 Å². The molecule has 282 valence electrons. The van der Waals surface area contributed by atoms with Gasteiger partial charge in [-0.15, -0.1) is 0 Å². The highest BCUT2D eigenvalue weighted by Crippen LogP contribution is 2.16. The molecule has 0 aliphatic heterocycles. The summed E-state index contributed by atoms with van der Waals surface area (Å²) in [4.78, 5) is 79.2. The van der Waals surface area contributed by atoms with E-state index in [1.165, 1.54) is 0 Å². The van der Waals surface area contributed by atoms with Gasteiger partial charge in [0.2, 0.25) is 0 Å². The molecule has 0 spiro atoms. The number of carbonyl (C=O) groups is 6. The van der Waals surface area contributed by atoms with Crippen molar-refractivity contribution in [3.63, 3.8) is 0 Å². The molecule has 2 atom stereocenters.